The summed E-state index contributed by atoms with van der Waals surface area (Å²) in [5, 5.41) is 2.76. The molecule has 3 aromatic carbocycles. The summed E-state index contributed by atoms with van der Waals surface area (Å²) < 4.78 is 61.7. The lowest BCUT2D eigenvalue weighted by atomic mass is 10.1. The molecular formula is C29H33F2N3O5S. The lowest BCUT2D eigenvalue weighted by Crippen LogP contribution is -2.51. The average Bonchev–Trinajstić information content (AvgIpc) is 2.94. The third-order valence-electron chi connectivity index (χ3n) is 6.19. The molecule has 1 atom stereocenters. The zero-order chi connectivity index (χ0) is 29.4. The first kappa shape index (κ1) is 30.6. The molecule has 0 fully saturated rings. The van der Waals surface area contributed by atoms with Crippen molar-refractivity contribution in [1.82, 2.24) is 10.2 Å². The maximum Gasteiger partial charge on any atom is 0.264 e. The number of anilines is 1. The zero-order valence-corrected chi connectivity index (χ0v) is 23.6. The molecule has 0 spiro atoms. The topological polar surface area (TPSA) is 96.0 Å². The molecule has 0 saturated carbocycles. The summed E-state index contributed by atoms with van der Waals surface area (Å²) >= 11 is 0. The number of carbonyl (C=O) groups excluding carboxylic acids is 2. The number of amides is 2. The molecule has 2 amide bonds. The van der Waals surface area contributed by atoms with Gasteiger partial charge in [-0.3, -0.25) is 13.9 Å². The summed E-state index contributed by atoms with van der Waals surface area (Å²) in [5.41, 5.74) is 0.194. The van der Waals surface area contributed by atoms with Crippen LogP contribution in [0, 0.1) is 17.6 Å². The quantitative estimate of drug-likeness (QED) is 0.348. The van der Waals surface area contributed by atoms with Crippen molar-refractivity contribution < 1.29 is 31.5 Å². The third-order valence-corrected chi connectivity index (χ3v) is 7.98. The van der Waals surface area contributed by atoms with Crippen molar-refractivity contribution in [3.8, 4) is 5.75 Å². The molecule has 0 aliphatic rings. The lowest BCUT2D eigenvalue weighted by molar-refractivity contribution is -0.139. The van der Waals surface area contributed by atoms with Gasteiger partial charge in [-0.15, -0.1) is 0 Å². The molecule has 214 valence electrons. The van der Waals surface area contributed by atoms with Gasteiger partial charge < -0.3 is 15.0 Å². The summed E-state index contributed by atoms with van der Waals surface area (Å²) in [6.45, 7) is 4.68. The molecule has 0 bridgehead atoms. The summed E-state index contributed by atoms with van der Waals surface area (Å²) in [6, 6.07) is 15.0. The van der Waals surface area contributed by atoms with Gasteiger partial charge in [-0.1, -0.05) is 32.0 Å². The predicted octanol–water partition coefficient (Wildman–Crippen LogP) is 4.36. The van der Waals surface area contributed by atoms with Crippen LogP contribution in [0.4, 0.5) is 14.5 Å². The molecule has 0 aliphatic heterocycles. The van der Waals surface area contributed by atoms with Gasteiger partial charge in [0.05, 0.1) is 17.7 Å². The number of methoxy groups -OCH3 is 1. The van der Waals surface area contributed by atoms with E-state index in [0.717, 1.165) is 21.3 Å². The normalized spacial score (nSPS) is 12.1. The number of hydrogen-bond acceptors (Lipinski definition) is 5. The highest BCUT2D eigenvalue weighted by atomic mass is 32.2. The molecule has 0 aromatic heterocycles. The van der Waals surface area contributed by atoms with Crippen LogP contribution in [-0.4, -0.2) is 51.4 Å². The molecule has 3 aromatic rings. The Balaban J connectivity index is 2.02. The second-order valence-electron chi connectivity index (χ2n) is 9.59. The van der Waals surface area contributed by atoms with Crippen LogP contribution in [0.2, 0.25) is 0 Å². The Kier molecular flexibility index (Phi) is 10.2. The molecule has 40 heavy (non-hydrogen) atoms. The van der Waals surface area contributed by atoms with Gasteiger partial charge in [-0.2, -0.15) is 0 Å². The van der Waals surface area contributed by atoms with E-state index in [4.69, 9.17) is 4.74 Å². The molecule has 3 rings (SSSR count). The minimum absolute atomic E-state index is 0.0355. The highest BCUT2D eigenvalue weighted by molar-refractivity contribution is 7.92. The van der Waals surface area contributed by atoms with Crippen LogP contribution in [0.25, 0.3) is 0 Å². The summed E-state index contributed by atoms with van der Waals surface area (Å²) in [6.07, 6.45) is 0. The number of halogens is 2. The Hall–Kier alpha value is -3.99. The van der Waals surface area contributed by atoms with Crippen LogP contribution >= 0.6 is 0 Å². The van der Waals surface area contributed by atoms with Crippen molar-refractivity contribution in [2.45, 2.75) is 38.3 Å². The Labute approximate surface area is 233 Å². The van der Waals surface area contributed by atoms with Gasteiger partial charge in [0.1, 0.15) is 30.0 Å². The Bertz CT molecular complexity index is 1410. The molecule has 0 radical (unpaired) electrons. The standard InChI is InChI=1S/C29H33F2N3O5S/c1-20(2)17-32-29(36)21(3)33(18-22-7-5-6-8-27(22)31)28(35)19-34(24-11-9-23(30)10-12-24)40(37,38)26-15-13-25(39-4)14-16-26/h5-16,20-21H,17-19H2,1-4H3,(H,32,36)/t21-/m1/s1. The van der Waals surface area contributed by atoms with Crippen LogP contribution < -0.4 is 14.4 Å². The Morgan fingerprint density at radius 1 is 0.925 bits per heavy atom. The Morgan fingerprint density at radius 2 is 1.55 bits per heavy atom. The number of sulfonamides is 1. The molecule has 11 heteroatoms. The van der Waals surface area contributed by atoms with Crippen molar-refractivity contribution in [2.75, 3.05) is 24.5 Å². The van der Waals surface area contributed by atoms with Gasteiger partial charge >= 0.3 is 0 Å². The van der Waals surface area contributed by atoms with E-state index in [1.807, 2.05) is 13.8 Å². The van der Waals surface area contributed by atoms with E-state index in [0.29, 0.717) is 12.3 Å². The fourth-order valence-electron chi connectivity index (χ4n) is 3.86. The molecule has 1 N–H and O–H groups in total. The highest BCUT2D eigenvalue weighted by Crippen LogP contribution is 2.26. The first-order chi connectivity index (χ1) is 18.9. The van der Waals surface area contributed by atoms with Gasteiger partial charge in [0, 0.05) is 18.7 Å². The molecule has 0 aliphatic carbocycles. The first-order valence-electron chi connectivity index (χ1n) is 12.7. The summed E-state index contributed by atoms with van der Waals surface area (Å²) in [5.74, 6) is -1.80. The molecule has 8 nitrogen and oxygen atoms in total. The van der Waals surface area contributed by atoms with Crippen molar-refractivity contribution in [3.05, 3.63) is 90.0 Å². The smallest absolute Gasteiger partial charge is 0.264 e. The van der Waals surface area contributed by atoms with Gasteiger partial charge in [0.15, 0.2) is 0 Å². The molecule has 0 unspecified atom stereocenters. The van der Waals surface area contributed by atoms with Crippen LogP contribution in [0.1, 0.15) is 26.3 Å². The van der Waals surface area contributed by atoms with Crippen molar-refractivity contribution in [2.24, 2.45) is 5.92 Å². The fourth-order valence-corrected chi connectivity index (χ4v) is 5.27. The minimum atomic E-state index is -4.34. The summed E-state index contributed by atoms with van der Waals surface area (Å²) in [7, 11) is -2.90. The maximum atomic E-state index is 14.6. The molecular weight excluding hydrogens is 540 g/mol. The van der Waals surface area contributed by atoms with E-state index in [-0.39, 0.29) is 28.6 Å². The first-order valence-corrected chi connectivity index (χ1v) is 14.1. The number of carbonyl (C=O) groups is 2. The third kappa shape index (κ3) is 7.56. The average molecular weight is 574 g/mol. The number of nitrogens with zero attached hydrogens (tertiary/aromatic N) is 2. The summed E-state index contributed by atoms with van der Waals surface area (Å²) in [4.78, 5) is 27.8. The van der Waals surface area contributed by atoms with Gasteiger partial charge in [-0.05, 0) is 67.4 Å². The van der Waals surface area contributed by atoms with E-state index in [1.165, 1.54) is 68.6 Å². The molecule has 0 saturated heterocycles. The van der Waals surface area contributed by atoms with Gasteiger partial charge in [-0.25, -0.2) is 17.2 Å². The number of nitrogens with one attached hydrogen (secondary N) is 1. The fraction of sp³-hybridized carbons (Fsp3) is 0.310. The largest absolute Gasteiger partial charge is 0.497 e. The number of hydrogen-bond donors (Lipinski definition) is 1. The lowest BCUT2D eigenvalue weighted by Gasteiger charge is -2.32. The van der Waals surface area contributed by atoms with E-state index < -0.39 is 46.1 Å². The number of rotatable bonds is 12. The second kappa shape index (κ2) is 13.4. The van der Waals surface area contributed by atoms with Crippen LogP contribution in [0.3, 0.4) is 0 Å². The van der Waals surface area contributed by atoms with E-state index >= 15 is 0 Å². The van der Waals surface area contributed by atoms with Crippen molar-refractivity contribution >= 4 is 27.5 Å². The van der Waals surface area contributed by atoms with E-state index in [2.05, 4.69) is 5.32 Å². The van der Waals surface area contributed by atoms with Gasteiger partial charge in [0.2, 0.25) is 11.8 Å². The highest BCUT2D eigenvalue weighted by Gasteiger charge is 2.33. The van der Waals surface area contributed by atoms with Crippen molar-refractivity contribution in [1.29, 1.82) is 0 Å². The number of ether oxygens (including phenoxy) is 1. The number of benzene rings is 3. The maximum absolute atomic E-state index is 14.6. The van der Waals surface area contributed by atoms with Gasteiger partial charge in [0.25, 0.3) is 10.0 Å². The van der Waals surface area contributed by atoms with E-state index in [1.54, 1.807) is 6.07 Å². The minimum Gasteiger partial charge on any atom is -0.497 e. The Morgan fingerprint density at radius 3 is 2.12 bits per heavy atom. The van der Waals surface area contributed by atoms with Crippen molar-refractivity contribution in [3.63, 3.8) is 0 Å². The zero-order valence-electron chi connectivity index (χ0n) is 22.8. The van der Waals surface area contributed by atoms with E-state index in [9.17, 15) is 26.8 Å². The van der Waals surface area contributed by atoms with Crippen LogP contribution in [0.5, 0.6) is 5.75 Å². The SMILES string of the molecule is COc1ccc(S(=O)(=O)N(CC(=O)N(Cc2ccccc2F)[C@H](C)C(=O)NCC(C)C)c2ccc(F)cc2)cc1. The monoisotopic (exact) mass is 573 g/mol. The predicted molar refractivity (Wildman–Crippen MR) is 148 cm³/mol. The van der Waals surface area contributed by atoms with Crippen LogP contribution in [-0.2, 0) is 26.2 Å². The molecule has 0 heterocycles. The van der Waals surface area contributed by atoms with Crippen LogP contribution in [0.15, 0.2) is 77.7 Å². The second-order valence-corrected chi connectivity index (χ2v) is 11.5.